The second-order valence-corrected chi connectivity index (χ2v) is 13.9. The molecule has 20 heteroatoms. The highest BCUT2D eigenvalue weighted by molar-refractivity contribution is 5.87. The molecule has 0 aliphatic carbocycles. The average Bonchev–Trinajstić information content (AvgIpc) is 3.12. The van der Waals surface area contributed by atoms with E-state index in [0.717, 1.165) is 12.1 Å². The van der Waals surface area contributed by atoms with Crippen molar-refractivity contribution in [2.45, 2.75) is 36.9 Å². The second kappa shape index (κ2) is 15.8. The van der Waals surface area contributed by atoms with Crippen molar-refractivity contribution in [2.24, 2.45) is 0 Å². The maximum atomic E-state index is 13.6. The van der Waals surface area contributed by atoms with Crippen molar-refractivity contribution < 1.29 is 62.9 Å². The molecule has 2 atom stereocenters. The zero-order valence-electron chi connectivity index (χ0n) is 29.4. The van der Waals surface area contributed by atoms with Gasteiger partial charge in [-0.05, 0) is 35.4 Å². The zero-order valence-corrected chi connectivity index (χ0v) is 29.4. The smallest absolute Gasteiger partial charge is 0.387 e. The first-order valence-corrected chi connectivity index (χ1v) is 17.5. The molecule has 306 valence electrons. The van der Waals surface area contributed by atoms with Gasteiger partial charge in [0.25, 0.3) is 0 Å². The van der Waals surface area contributed by atoms with Gasteiger partial charge in [-0.1, -0.05) is 24.3 Å². The Hall–Kier alpha value is -3.82. The Balaban J connectivity index is 1.01. The Morgan fingerprint density at radius 3 is 1.11 bits per heavy atom. The molecule has 0 saturated carbocycles. The number of alkyl halides is 12. The predicted octanol–water partition coefficient (Wildman–Crippen LogP) is 6.86. The van der Waals surface area contributed by atoms with Crippen LogP contribution in [0, 0.1) is 0 Å². The molecule has 0 unspecified atom stereocenters. The van der Waals surface area contributed by atoms with Crippen LogP contribution in [0.2, 0.25) is 0 Å². The summed E-state index contributed by atoms with van der Waals surface area (Å²) >= 11 is 0. The topological polar surface area (TPSA) is 79.2 Å². The van der Waals surface area contributed by atoms with Crippen LogP contribution in [0.3, 0.4) is 0 Å². The zero-order chi connectivity index (χ0) is 40.8. The summed E-state index contributed by atoms with van der Waals surface area (Å²) in [7, 11) is 0. The number of piperazine rings is 2. The number of para-hydroxylation sites is 2. The van der Waals surface area contributed by atoms with Gasteiger partial charge in [-0.25, -0.2) is 9.97 Å². The fourth-order valence-corrected chi connectivity index (χ4v) is 7.21. The van der Waals surface area contributed by atoms with E-state index in [1.807, 2.05) is 9.80 Å². The van der Waals surface area contributed by atoms with E-state index in [2.05, 4.69) is 19.8 Å². The Labute approximate surface area is 311 Å². The highest BCUT2D eigenvalue weighted by Gasteiger charge is 2.40. The number of rotatable bonds is 9. The van der Waals surface area contributed by atoms with E-state index in [1.165, 1.54) is 12.1 Å². The number of pyridine rings is 2. The molecule has 0 radical (unpaired) electrons. The number of hydrogen-bond donors (Lipinski definition) is 2. The van der Waals surface area contributed by atoms with E-state index in [9.17, 15) is 62.9 Å². The molecule has 0 bridgehead atoms. The minimum absolute atomic E-state index is 0.120. The number of β-amino-alcohol motifs (C(OH)–C–C–N with tert-alkyl or cyclic N) is 2. The number of halogens is 12. The van der Waals surface area contributed by atoms with Crippen molar-refractivity contribution in [1.82, 2.24) is 29.6 Å². The third kappa shape index (κ3) is 9.47. The van der Waals surface area contributed by atoms with Gasteiger partial charge >= 0.3 is 24.7 Å². The van der Waals surface area contributed by atoms with E-state index >= 15 is 0 Å². The van der Waals surface area contributed by atoms with E-state index < -0.39 is 70.5 Å². The van der Waals surface area contributed by atoms with Crippen molar-refractivity contribution in [3.8, 4) is 0 Å². The van der Waals surface area contributed by atoms with Crippen LogP contribution in [-0.2, 0) is 24.7 Å². The lowest BCUT2D eigenvalue weighted by Gasteiger charge is -2.39. The lowest BCUT2D eigenvalue weighted by Crippen LogP contribution is -2.52. The number of aromatic nitrogens is 2. The molecule has 0 amide bonds. The predicted molar refractivity (Wildman–Crippen MR) is 179 cm³/mol. The first-order valence-electron chi connectivity index (χ1n) is 17.5. The number of aliphatic hydroxyl groups excluding tert-OH is 2. The maximum absolute atomic E-state index is 13.6. The first kappa shape index (κ1) is 41.8. The van der Waals surface area contributed by atoms with Crippen molar-refractivity contribution in [2.75, 3.05) is 78.5 Å². The highest BCUT2D eigenvalue weighted by atomic mass is 19.4. The first-order chi connectivity index (χ1) is 26.1. The molecule has 56 heavy (non-hydrogen) atoms. The number of aliphatic hydroxyl groups is 2. The largest absolute Gasteiger partial charge is 0.433 e. The fraction of sp³-hybridized carbons (Fsp3) is 0.500. The summed E-state index contributed by atoms with van der Waals surface area (Å²) in [5.41, 5.74) is -8.16. The summed E-state index contributed by atoms with van der Waals surface area (Å²) in [6.07, 6.45) is -23.1. The maximum Gasteiger partial charge on any atom is 0.433 e. The van der Waals surface area contributed by atoms with Crippen LogP contribution in [0.5, 0.6) is 0 Å². The van der Waals surface area contributed by atoms with E-state index in [4.69, 9.17) is 0 Å². The molecule has 6 rings (SSSR count). The molecule has 2 N–H and O–H groups in total. The molecule has 8 nitrogen and oxygen atoms in total. The number of benzene rings is 2. The number of hydrogen-bond acceptors (Lipinski definition) is 8. The van der Waals surface area contributed by atoms with Gasteiger partial charge in [-0.3, -0.25) is 19.6 Å². The van der Waals surface area contributed by atoms with Crippen LogP contribution in [-0.4, -0.2) is 118 Å². The standard InChI is InChI=1S/C36H36F12N6O2/c37-33(38,39)25-5-1-3-21-23(17-29(35(43,44)45)49-31(21)25)27(55)19-53-13-9-51(10-14-53)7-8-52-11-15-54(16-12-52)20-28(56)24-18-30(36(46,47)48)50-32-22(24)4-2-6-26(32)34(40,41)42/h1-6,17-18,27-28,55-56H,7-16,19-20H2/t27-,28-/m1/s1. The quantitative estimate of drug-likeness (QED) is 0.178. The van der Waals surface area contributed by atoms with Gasteiger partial charge in [-0.15, -0.1) is 0 Å². The second-order valence-electron chi connectivity index (χ2n) is 13.9. The summed E-state index contributed by atoms with van der Waals surface area (Å²) in [6, 6.07) is 6.95. The summed E-state index contributed by atoms with van der Waals surface area (Å²) in [4.78, 5) is 14.4. The summed E-state index contributed by atoms with van der Waals surface area (Å²) in [6.45, 7) is 4.89. The van der Waals surface area contributed by atoms with Gasteiger partial charge < -0.3 is 10.2 Å². The Morgan fingerprint density at radius 2 is 0.804 bits per heavy atom. The van der Waals surface area contributed by atoms with Gasteiger partial charge in [-0.2, -0.15) is 52.7 Å². The fourth-order valence-electron chi connectivity index (χ4n) is 7.21. The minimum atomic E-state index is -5.05. The Bertz CT molecular complexity index is 1860. The summed E-state index contributed by atoms with van der Waals surface area (Å²) < 4.78 is 164. The van der Waals surface area contributed by atoms with E-state index in [-0.39, 0.29) is 35.0 Å². The molecule has 4 aromatic rings. The molecular formula is C36H36F12N6O2. The highest BCUT2D eigenvalue weighted by Crippen LogP contribution is 2.41. The molecule has 2 aliphatic heterocycles. The molecule has 2 aliphatic rings. The average molecular weight is 813 g/mol. The Kier molecular flexibility index (Phi) is 11.8. The molecule has 2 fully saturated rings. The Morgan fingerprint density at radius 1 is 0.482 bits per heavy atom. The van der Waals surface area contributed by atoms with Crippen LogP contribution < -0.4 is 0 Å². The minimum Gasteiger partial charge on any atom is -0.387 e. The van der Waals surface area contributed by atoms with Gasteiger partial charge in [0.15, 0.2) is 0 Å². The van der Waals surface area contributed by atoms with Crippen molar-refractivity contribution >= 4 is 21.8 Å². The van der Waals surface area contributed by atoms with Gasteiger partial charge in [0, 0.05) is 89.3 Å². The van der Waals surface area contributed by atoms with Crippen LogP contribution in [0.4, 0.5) is 52.7 Å². The lowest BCUT2D eigenvalue weighted by atomic mass is 9.99. The van der Waals surface area contributed by atoms with E-state index in [0.29, 0.717) is 89.7 Å². The lowest BCUT2D eigenvalue weighted by molar-refractivity contribution is -0.142. The van der Waals surface area contributed by atoms with Crippen molar-refractivity contribution in [1.29, 1.82) is 0 Å². The normalized spacial score (nSPS) is 18.9. The van der Waals surface area contributed by atoms with Crippen molar-refractivity contribution in [3.05, 3.63) is 82.2 Å². The molecular weight excluding hydrogens is 776 g/mol. The van der Waals surface area contributed by atoms with Crippen LogP contribution in [0.1, 0.15) is 45.8 Å². The molecule has 0 spiro atoms. The van der Waals surface area contributed by atoms with Gasteiger partial charge in [0.1, 0.15) is 11.4 Å². The number of fused-ring (bicyclic) bond motifs is 2. The van der Waals surface area contributed by atoms with Crippen LogP contribution >= 0.6 is 0 Å². The monoisotopic (exact) mass is 812 g/mol. The third-order valence-electron chi connectivity index (χ3n) is 10.2. The van der Waals surface area contributed by atoms with E-state index in [1.54, 1.807) is 0 Å². The molecule has 2 aromatic carbocycles. The van der Waals surface area contributed by atoms with Crippen LogP contribution in [0.15, 0.2) is 48.5 Å². The molecule has 2 saturated heterocycles. The molecule has 2 aromatic heterocycles. The van der Waals surface area contributed by atoms with Crippen molar-refractivity contribution in [3.63, 3.8) is 0 Å². The summed E-state index contributed by atoms with van der Waals surface area (Å²) in [5.74, 6) is 0. The SMILES string of the molecule is O[C@H](CN1CCN(CCN2CCN(C[C@@H](O)c3cc(C(F)(F)F)nc4c(C(F)(F)F)cccc34)CC2)CC1)c1cc(C(F)(F)F)nc2c(C(F)(F)F)cccc12. The van der Waals surface area contributed by atoms with Crippen LogP contribution in [0.25, 0.3) is 21.8 Å². The number of nitrogens with zero attached hydrogens (tertiary/aromatic N) is 6. The molecule has 4 heterocycles. The van der Waals surface area contributed by atoms with Gasteiger partial charge in [0.05, 0.1) is 34.4 Å². The van der Waals surface area contributed by atoms with Gasteiger partial charge in [0.2, 0.25) is 0 Å². The third-order valence-corrected chi connectivity index (χ3v) is 10.2. The summed E-state index contributed by atoms with van der Waals surface area (Å²) in [5, 5.41) is 21.6.